The molecule has 1 N–H and O–H groups in total. The molecule has 0 saturated carbocycles. The summed E-state index contributed by atoms with van der Waals surface area (Å²) in [6.07, 6.45) is 3.48. The first-order chi connectivity index (χ1) is 7.33. The Labute approximate surface area is 106 Å². The van der Waals surface area contributed by atoms with Crippen LogP contribution in [0.2, 0.25) is 0 Å². The third-order valence-corrected chi connectivity index (χ3v) is 2.70. The maximum absolute atomic E-state index is 5.65. The second kappa shape index (κ2) is 4.31. The van der Waals surface area contributed by atoms with Gasteiger partial charge in [0, 0.05) is 22.3 Å². The number of rotatable bonds is 1. The van der Waals surface area contributed by atoms with Crippen molar-refractivity contribution in [2.75, 3.05) is 0 Å². The lowest BCUT2D eigenvalue weighted by Gasteiger charge is -1.88. The maximum Gasteiger partial charge on any atom is 0.173 e. The minimum Gasteiger partial charge on any atom is -0.453 e. The van der Waals surface area contributed by atoms with Crippen LogP contribution in [0.5, 0.6) is 0 Å². The molecule has 0 spiro atoms. The van der Waals surface area contributed by atoms with Crippen molar-refractivity contribution >= 4 is 39.3 Å². The number of nitrogens with one attached hydrogen (secondary N) is 1. The minimum atomic E-state index is 0. The van der Waals surface area contributed by atoms with Crippen LogP contribution in [-0.2, 0) is 0 Å². The maximum atomic E-state index is 5.65. The van der Waals surface area contributed by atoms with E-state index in [1.165, 1.54) is 0 Å². The Balaban J connectivity index is 0.000000963. The Hall–Kier alpha value is -1.26. The van der Waals surface area contributed by atoms with Crippen molar-refractivity contribution in [3.8, 4) is 11.6 Å². The van der Waals surface area contributed by atoms with Crippen molar-refractivity contribution in [1.29, 1.82) is 0 Å². The van der Waals surface area contributed by atoms with Crippen LogP contribution in [0.25, 0.3) is 22.6 Å². The molecule has 5 heteroatoms. The fraction of sp³-hybridized carbons (Fsp3) is 0. The van der Waals surface area contributed by atoms with Gasteiger partial charge in [-0.25, -0.2) is 4.98 Å². The van der Waals surface area contributed by atoms with Crippen LogP contribution in [0.15, 0.2) is 45.5 Å². The standard InChI is InChI=1S/C11H7BrN2O.ClH/c12-8-1-2-9-7(5-8)6-10(15-9)11-13-3-4-14-11;/h1-6H,(H,13,14);1H. The van der Waals surface area contributed by atoms with E-state index in [1.54, 1.807) is 12.4 Å². The molecule has 0 bridgehead atoms. The smallest absolute Gasteiger partial charge is 0.173 e. The van der Waals surface area contributed by atoms with Gasteiger partial charge in [-0.3, -0.25) is 0 Å². The average molecular weight is 300 g/mol. The molecule has 3 rings (SSSR count). The highest BCUT2D eigenvalue weighted by Crippen LogP contribution is 2.27. The van der Waals surface area contributed by atoms with Crippen molar-refractivity contribution in [3.05, 3.63) is 41.1 Å². The molecule has 0 atom stereocenters. The molecule has 3 aromatic rings. The lowest BCUT2D eigenvalue weighted by atomic mass is 10.2. The molecule has 0 aliphatic carbocycles. The molecule has 0 aliphatic heterocycles. The number of aromatic nitrogens is 2. The topological polar surface area (TPSA) is 41.8 Å². The first-order valence-corrected chi connectivity index (χ1v) is 5.31. The zero-order chi connectivity index (χ0) is 10.3. The molecular weight excluding hydrogens is 291 g/mol. The number of furan rings is 1. The van der Waals surface area contributed by atoms with E-state index in [4.69, 9.17) is 4.42 Å². The molecule has 2 aromatic heterocycles. The van der Waals surface area contributed by atoms with Crippen molar-refractivity contribution in [1.82, 2.24) is 9.97 Å². The Morgan fingerprint density at radius 3 is 2.88 bits per heavy atom. The van der Waals surface area contributed by atoms with Gasteiger partial charge in [0.15, 0.2) is 11.6 Å². The Morgan fingerprint density at radius 1 is 1.25 bits per heavy atom. The van der Waals surface area contributed by atoms with Crippen LogP contribution < -0.4 is 0 Å². The highest BCUT2D eigenvalue weighted by atomic mass is 79.9. The van der Waals surface area contributed by atoms with Crippen molar-refractivity contribution in [2.24, 2.45) is 0 Å². The van der Waals surface area contributed by atoms with Gasteiger partial charge in [-0.15, -0.1) is 12.4 Å². The molecule has 2 heterocycles. The number of aromatic amines is 1. The van der Waals surface area contributed by atoms with E-state index in [1.807, 2.05) is 24.3 Å². The third-order valence-electron chi connectivity index (χ3n) is 2.21. The molecule has 0 aliphatic rings. The largest absolute Gasteiger partial charge is 0.453 e. The Bertz CT molecular complexity index is 604. The van der Waals surface area contributed by atoms with Gasteiger partial charge in [-0.05, 0) is 24.3 Å². The van der Waals surface area contributed by atoms with Crippen LogP contribution in [0.3, 0.4) is 0 Å². The van der Waals surface area contributed by atoms with Crippen molar-refractivity contribution < 1.29 is 4.42 Å². The highest BCUT2D eigenvalue weighted by molar-refractivity contribution is 9.10. The zero-order valence-corrected chi connectivity index (χ0v) is 10.5. The number of benzene rings is 1. The molecule has 16 heavy (non-hydrogen) atoms. The van der Waals surface area contributed by atoms with E-state index in [0.29, 0.717) is 0 Å². The number of hydrogen-bond donors (Lipinski definition) is 1. The second-order valence-electron chi connectivity index (χ2n) is 3.23. The number of H-pyrrole nitrogens is 1. The van der Waals surface area contributed by atoms with Gasteiger partial charge in [0.1, 0.15) is 5.58 Å². The molecule has 0 unspecified atom stereocenters. The summed E-state index contributed by atoms with van der Waals surface area (Å²) >= 11 is 3.43. The number of nitrogens with zero attached hydrogens (tertiary/aromatic N) is 1. The summed E-state index contributed by atoms with van der Waals surface area (Å²) in [6.45, 7) is 0. The number of hydrogen-bond acceptors (Lipinski definition) is 2. The summed E-state index contributed by atoms with van der Waals surface area (Å²) in [5.74, 6) is 1.51. The Morgan fingerprint density at radius 2 is 2.12 bits per heavy atom. The Kier molecular flexibility index (Phi) is 3.03. The van der Waals surface area contributed by atoms with Crippen molar-refractivity contribution in [2.45, 2.75) is 0 Å². The summed E-state index contributed by atoms with van der Waals surface area (Å²) in [4.78, 5) is 7.16. The lowest BCUT2D eigenvalue weighted by molar-refractivity contribution is 0.626. The number of halogens is 2. The molecule has 3 nitrogen and oxygen atoms in total. The molecule has 0 radical (unpaired) electrons. The van der Waals surface area contributed by atoms with E-state index in [2.05, 4.69) is 25.9 Å². The number of imidazole rings is 1. The molecule has 82 valence electrons. The fourth-order valence-electron chi connectivity index (χ4n) is 1.53. The number of fused-ring (bicyclic) bond motifs is 1. The lowest BCUT2D eigenvalue weighted by Crippen LogP contribution is -1.73. The van der Waals surface area contributed by atoms with E-state index >= 15 is 0 Å². The molecular formula is C11H8BrClN2O. The van der Waals surface area contributed by atoms with Gasteiger partial charge in [-0.2, -0.15) is 0 Å². The predicted octanol–water partition coefficient (Wildman–Crippen LogP) is 4.01. The van der Waals surface area contributed by atoms with Gasteiger partial charge in [0.25, 0.3) is 0 Å². The monoisotopic (exact) mass is 298 g/mol. The first-order valence-electron chi connectivity index (χ1n) is 4.52. The van der Waals surface area contributed by atoms with E-state index in [0.717, 1.165) is 27.0 Å². The van der Waals surface area contributed by atoms with Crippen LogP contribution in [0, 0.1) is 0 Å². The van der Waals surface area contributed by atoms with Crippen molar-refractivity contribution in [3.63, 3.8) is 0 Å². The quantitative estimate of drug-likeness (QED) is 0.737. The van der Waals surface area contributed by atoms with Gasteiger partial charge < -0.3 is 9.40 Å². The average Bonchev–Trinajstić information content (AvgIpc) is 2.84. The molecule has 0 amide bonds. The van der Waals surface area contributed by atoms with Gasteiger partial charge in [0.2, 0.25) is 0 Å². The minimum absolute atomic E-state index is 0. The van der Waals surface area contributed by atoms with Crippen LogP contribution in [0.1, 0.15) is 0 Å². The molecule has 1 aromatic carbocycles. The summed E-state index contributed by atoms with van der Waals surface area (Å²) in [7, 11) is 0. The van der Waals surface area contributed by atoms with Gasteiger partial charge in [0.05, 0.1) is 0 Å². The fourth-order valence-corrected chi connectivity index (χ4v) is 1.91. The molecule has 0 fully saturated rings. The summed E-state index contributed by atoms with van der Waals surface area (Å²) < 4.78 is 6.70. The molecule has 0 saturated heterocycles. The van der Waals surface area contributed by atoms with E-state index in [9.17, 15) is 0 Å². The zero-order valence-electron chi connectivity index (χ0n) is 8.11. The summed E-state index contributed by atoms with van der Waals surface area (Å²) in [5, 5.41) is 1.07. The van der Waals surface area contributed by atoms with E-state index in [-0.39, 0.29) is 12.4 Å². The first kappa shape index (κ1) is 11.2. The summed E-state index contributed by atoms with van der Waals surface area (Å²) in [5.41, 5.74) is 0.865. The van der Waals surface area contributed by atoms with Gasteiger partial charge in [-0.1, -0.05) is 15.9 Å². The van der Waals surface area contributed by atoms with Crippen LogP contribution >= 0.6 is 28.3 Å². The van der Waals surface area contributed by atoms with Crippen LogP contribution in [-0.4, -0.2) is 9.97 Å². The second-order valence-corrected chi connectivity index (χ2v) is 4.15. The van der Waals surface area contributed by atoms with Crippen LogP contribution in [0.4, 0.5) is 0 Å². The SMILES string of the molecule is Brc1ccc2oc(-c3ncc[nH]3)cc2c1.Cl. The predicted molar refractivity (Wildman–Crippen MR) is 68.7 cm³/mol. The highest BCUT2D eigenvalue weighted by Gasteiger charge is 2.07. The summed E-state index contributed by atoms with van der Waals surface area (Å²) in [6, 6.07) is 7.88. The normalized spacial score (nSPS) is 10.3. The van der Waals surface area contributed by atoms with E-state index < -0.39 is 0 Å². The van der Waals surface area contributed by atoms with Gasteiger partial charge >= 0.3 is 0 Å². The third kappa shape index (κ3) is 1.86.